The fourth-order valence-corrected chi connectivity index (χ4v) is 5.07. The summed E-state index contributed by atoms with van der Waals surface area (Å²) in [7, 11) is -4.36. The summed E-state index contributed by atoms with van der Waals surface area (Å²) in [4.78, 5) is 34.4. The van der Waals surface area contributed by atoms with Crippen LogP contribution in [0.1, 0.15) is 142 Å². The molecule has 0 aliphatic carbocycles. The number of phosphoric acid groups is 1. The lowest BCUT2D eigenvalue weighted by Gasteiger charge is -2.19. The van der Waals surface area contributed by atoms with Gasteiger partial charge in [-0.15, -0.1) is 0 Å². The smallest absolute Gasteiger partial charge is 0.462 e. The summed E-state index contributed by atoms with van der Waals surface area (Å²) in [6.45, 7) is 3.61. The third-order valence-electron chi connectivity index (χ3n) is 6.84. The number of ether oxygens (including phenoxy) is 2. The summed E-state index contributed by atoms with van der Waals surface area (Å²) >= 11 is 0. The van der Waals surface area contributed by atoms with Gasteiger partial charge in [0.1, 0.15) is 6.61 Å². The molecule has 43 heavy (non-hydrogen) atoms. The van der Waals surface area contributed by atoms with Crippen molar-refractivity contribution in [3.05, 3.63) is 24.3 Å². The number of nitrogens with two attached hydrogens (primary N) is 1. The summed E-state index contributed by atoms with van der Waals surface area (Å²) in [5.74, 6) is -0.854. The molecule has 0 heterocycles. The number of carbonyl (C=O) groups is 2. The van der Waals surface area contributed by atoms with Crippen molar-refractivity contribution in [2.45, 2.75) is 148 Å². The largest absolute Gasteiger partial charge is 0.472 e. The van der Waals surface area contributed by atoms with E-state index in [-0.39, 0.29) is 32.6 Å². The summed E-state index contributed by atoms with van der Waals surface area (Å²) in [5, 5.41) is 0. The second-order valence-electron chi connectivity index (χ2n) is 11.0. The number of unbranched alkanes of at least 4 members (excludes halogenated alkanes) is 14. The molecule has 3 N–H and O–H groups in total. The maximum Gasteiger partial charge on any atom is 0.472 e. The molecule has 0 spiro atoms. The van der Waals surface area contributed by atoms with Crippen LogP contribution in [0, 0.1) is 0 Å². The van der Waals surface area contributed by atoms with E-state index in [1.165, 1.54) is 51.4 Å². The normalized spacial score (nSPS) is 13.9. The van der Waals surface area contributed by atoms with Gasteiger partial charge in [0.2, 0.25) is 0 Å². The lowest BCUT2D eigenvalue weighted by atomic mass is 10.1. The molecule has 0 radical (unpaired) electrons. The zero-order valence-corrected chi connectivity index (χ0v) is 28.1. The summed E-state index contributed by atoms with van der Waals surface area (Å²) in [6, 6.07) is 0. The maximum atomic E-state index is 12.4. The van der Waals surface area contributed by atoms with Crippen molar-refractivity contribution >= 4 is 19.8 Å². The van der Waals surface area contributed by atoms with Crippen molar-refractivity contribution in [2.75, 3.05) is 26.4 Å². The summed E-state index contributed by atoms with van der Waals surface area (Å²) in [6.07, 6.45) is 28.0. The van der Waals surface area contributed by atoms with Gasteiger partial charge in [-0.05, 0) is 44.9 Å². The van der Waals surface area contributed by atoms with E-state index in [9.17, 15) is 19.0 Å². The summed E-state index contributed by atoms with van der Waals surface area (Å²) < 4.78 is 32.4. The first-order chi connectivity index (χ1) is 20.8. The van der Waals surface area contributed by atoms with Gasteiger partial charge in [0, 0.05) is 19.4 Å². The van der Waals surface area contributed by atoms with Crippen LogP contribution in [0.15, 0.2) is 24.3 Å². The van der Waals surface area contributed by atoms with Crippen LogP contribution in [0.2, 0.25) is 0 Å². The summed E-state index contributed by atoms with van der Waals surface area (Å²) in [5.41, 5.74) is 5.30. The monoisotopic (exact) mass is 631 g/mol. The van der Waals surface area contributed by atoms with Gasteiger partial charge in [0.15, 0.2) is 6.10 Å². The highest BCUT2D eigenvalue weighted by molar-refractivity contribution is 7.47. The SMILES string of the molecule is CCCCC/C=C/C/C=C/CCCCCCCC(=O)O[C@H](COC(=O)CCCCCCCCC)COP(=O)(O)OCCN. The molecule has 0 aromatic rings. The Bertz CT molecular complexity index is 774. The van der Waals surface area contributed by atoms with E-state index in [2.05, 4.69) is 38.2 Å². The number of rotatable bonds is 31. The van der Waals surface area contributed by atoms with Crippen LogP contribution in [0.3, 0.4) is 0 Å². The average Bonchev–Trinajstić information content (AvgIpc) is 2.99. The number of carbonyl (C=O) groups excluding carboxylic acids is 2. The molecule has 0 aliphatic heterocycles. The Kier molecular flexibility index (Phi) is 29.4. The topological polar surface area (TPSA) is 134 Å². The Balaban J connectivity index is 4.28. The van der Waals surface area contributed by atoms with Gasteiger partial charge in [0.05, 0.1) is 13.2 Å². The van der Waals surface area contributed by atoms with Crippen molar-refractivity contribution in [1.82, 2.24) is 0 Å². The average molecular weight is 632 g/mol. The molecule has 0 saturated carbocycles. The third-order valence-corrected chi connectivity index (χ3v) is 7.82. The number of allylic oxidation sites excluding steroid dienone is 4. The minimum Gasteiger partial charge on any atom is -0.462 e. The number of esters is 2. The van der Waals surface area contributed by atoms with E-state index in [1.54, 1.807) is 0 Å². The van der Waals surface area contributed by atoms with Crippen molar-refractivity contribution in [3.63, 3.8) is 0 Å². The van der Waals surface area contributed by atoms with Gasteiger partial charge in [-0.25, -0.2) is 4.57 Å². The van der Waals surface area contributed by atoms with Gasteiger partial charge >= 0.3 is 19.8 Å². The lowest BCUT2D eigenvalue weighted by Crippen LogP contribution is -2.29. The molecule has 2 atom stereocenters. The van der Waals surface area contributed by atoms with E-state index < -0.39 is 32.5 Å². The lowest BCUT2D eigenvalue weighted by molar-refractivity contribution is -0.161. The molecule has 0 saturated heterocycles. The van der Waals surface area contributed by atoms with E-state index in [0.717, 1.165) is 57.8 Å². The molecular formula is C33H62NO8P. The number of phosphoric ester groups is 1. The van der Waals surface area contributed by atoms with E-state index in [1.807, 2.05) is 0 Å². The van der Waals surface area contributed by atoms with Gasteiger partial charge in [-0.2, -0.15) is 0 Å². The van der Waals surface area contributed by atoms with Gasteiger partial charge in [-0.1, -0.05) is 109 Å². The van der Waals surface area contributed by atoms with Crippen LogP contribution in [0.4, 0.5) is 0 Å². The minimum absolute atomic E-state index is 0.0517. The molecule has 252 valence electrons. The Morgan fingerprint density at radius 2 is 1.21 bits per heavy atom. The Labute approximate surface area is 261 Å². The highest BCUT2D eigenvalue weighted by Crippen LogP contribution is 2.43. The standard InChI is InChI=1S/C33H62NO8P/c1-3-5-7-9-11-12-13-14-15-16-17-18-20-22-24-26-33(36)42-31(30-41-43(37,38)40-28-27-34)29-39-32(35)25-23-21-19-10-8-6-4-2/h11-12,14-15,31H,3-10,13,16-30,34H2,1-2H3,(H,37,38)/b12-11+,15-14+/t31-/m1/s1. The van der Waals surface area contributed by atoms with Crippen molar-refractivity contribution in [2.24, 2.45) is 5.73 Å². The zero-order chi connectivity index (χ0) is 31.9. The molecule has 9 nitrogen and oxygen atoms in total. The van der Waals surface area contributed by atoms with E-state index in [4.69, 9.17) is 24.3 Å². The van der Waals surface area contributed by atoms with Gasteiger partial charge in [-0.3, -0.25) is 18.6 Å². The molecule has 0 aromatic carbocycles. The maximum absolute atomic E-state index is 12.4. The first kappa shape index (κ1) is 41.5. The molecule has 0 bridgehead atoms. The first-order valence-corrected chi connectivity index (χ1v) is 18.3. The zero-order valence-electron chi connectivity index (χ0n) is 27.2. The molecule has 1 unspecified atom stereocenters. The van der Waals surface area contributed by atoms with Crippen LogP contribution in [0.25, 0.3) is 0 Å². The fraction of sp³-hybridized carbons (Fsp3) is 0.818. The second kappa shape index (κ2) is 30.5. The molecule has 0 amide bonds. The Hall–Kier alpha value is -1.51. The third kappa shape index (κ3) is 30.3. The van der Waals surface area contributed by atoms with E-state index in [0.29, 0.717) is 6.42 Å². The highest BCUT2D eigenvalue weighted by atomic mass is 31.2. The molecule has 0 aliphatic rings. The van der Waals surface area contributed by atoms with Crippen molar-refractivity contribution in [3.8, 4) is 0 Å². The predicted octanol–water partition coefficient (Wildman–Crippen LogP) is 8.49. The quantitative estimate of drug-likeness (QED) is 0.0334. The Morgan fingerprint density at radius 1 is 0.698 bits per heavy atom. The van der Waals surface area contributed by atoms with Crippen LogP contribution in [-0.4, -0.2) is 49.3 Å². The second-order valence-corrected chi connectivity index (χ2v) is 12.5. The molecule has 0 fully saturated rings. The molecule has 10 heteroatoms. The van der Waals surface area contributed by atoms with Gasteiger partial charge in [0.25, 0.3) is 0 Å². The van der Waals surface area contributed by atoms with Crippen molar-refractivity contribution < 1.29 is 37.6 Å². The molecule has 0 aromatic heterocycles. The minimum atomic E-state index is -4.36. The van der Waals surface area contributed by atoms with Crippen LogP contribution in [-0.2, 0) is 32.7 Å². The van der Waals surface area contributed by atoms with Crippen LogP contribution >= 0.6 is 7.82 Å². The number of hydrogen-bond donors (Lipinski definition) is 2. The fourth-order valence-electron chi connectivity index (χ4n) is 4.31. The van der Waals surface area contributed by atoms with Crippen LogP contribution < -0.4 is 5.73 Å². The molecule has 0 rings (SSSR count). The highest BCUT2D eigenvalue weighted by Gasteiger charge is 2.25. The van der Waals surface area contributed by atoms with Crippen molar-refractivity contribution in [1.29, 1.82) is 0 Å². The Morgan fingerprint density at radius 3 is 1.81 bits per heavy atom. The first-order valence-electron chi connectivity index (χ1n) is 16.8. The number of hydrogen-bond acceptors (Lipinski definition) is 8. The predicted molar refractivity (Wildman–Crippen MR) is 174 cm³/mol. The van der Waals surface area contributed by atoms with E-state index >= 15 is 0 Å². The van der Waals surface area contributed by atoms with Gasteiger partial charge < -0.3 is 20.1 Å². The van der Waals surface area contributed by atoms with Crippen LogP contribution in [0.5, 0.6) is 0 Å². The molecular weight excluding hydrogens is 569 g/mol.